The largest absolute Gasteiger partial charge is 0.506 e. The Balaban J connectivity index is 2.33. The number of benzene rings is 1. The minimum absolute atomic E-state index is 0.0998. The highest BCUT2D eigenvalue weighted by atomic mass is 35.5. The molecule has 0 spiro atoms. The Hall–Kier alpha value is -1.24. The number of hydrogen-bond donors (Lipinski definition) is 2. The first-order valence-electron chi connectivity index (χ1n) is 4.54. The second-order valence-electron chi connectivity index (χ2n) is 3.20. The molecule has 1 aromatic carbocycles. The number of halogens is 1. The molecule has 0 fully saturated rings. The summed E-state index contributed by atoms with van der Waals surface area (Å²) < 4.78 is 26.2. The van der Waals surface area contributed by atoms with Crippen molar-refractivity contribution < 1.29 is 13.5 Å². The van der Waals surface area contributed by atoms with E-state index in [4.69, 9.17) is 11.6 Å². The van der Waals surface area contributed by atoms with Crippen LogP contribution in [0.4, 0.5) is 5.69 Å². The summed E-state index contributed by atoms with van der Waals surface area (Å²) in [7, 11) is -3.64. The van der Waals surface area contributed by atoms with E-state index >= 15 is 0 Å². The quantitative estimate of drug-likeness (QED) is 0.854. The Labute approximate surface area is 108 Å². The summed E-state index contributed by atoms with van der Waals surface area (Å²) in [5.41, 5.74) is 0.0998. The molecule has 7 heteroatoms. The Kier molecular flexibility index (Phi) is 3.28. The molecule has 0 unspecified atom stereocenters. The molecule has 0 atom stereocenters. The van der Waals surface area contributed by atoms with Crippen LogP contribution in [0.5, 0.6) is 5.75 Å². The van der Waals surface area contributed by atoms with Gasteiger partial charge >= 0.3 is 0 Å². The molecule has 2 rings (SSSR count). The van der Waals surface area contributed by atoms with E-state index in [-0.39, 0.29) is 15.6 Å². The van der Waals surface area contributed by atoms with E-state index in [1.807, 2.05) is 0 Å². The molecule has 4 nitrogen and oxygen atoms in total. The summed E-state index contributed by atoms with van der Waals surface area (Å²) in [6.45, 7) is 0. The lowest BCUT2D eigenvalue weighted by Gasteiger charge is -2.08. The predicted octanol–water partition coefficient (Wildman–Crippen LogP) is 2.91. The van der Waals surface area contributed by atoms with Gasteiger partial charge in [-0.05, 0) is 23.6 Å². The lowest BCUT2D eigenvalue weighted by molar-refractivity contribution is 0.477. The third kappa shape index (κ3) is 2.71. The standard InChI is InChI=1S/C10H8ClNO3S2/c11-7-3-4-8(9(13)6-7)12-17(14,15)10-2-1-5-16-10/h1-6,12-13H. The zero-order valence-electron chi connectivity index (χ0n) is 8.42. The van der Waals surface area contributed by atoms with Gasteiger partial charge in [-0.3, -0.25) is 4.72 Å². The highest BCUT2D eigenvalue weighted by Crippen LogP contribution is 2.29. The van der Waals surface area contributed by atoms with Crippen LogP contribution in [0.15, 0.2) is 39.9 Å². The molecular formula is C10H8ClNO3S2. The normalized spacial score (nSPS) is 11.4. The molecule has 1 heterocycles. The van der Waals surface area contributed by atoms with E-state index in [1.165, 1.54) is 24.3 Å². The molecule has 0 amide bonds. The molecule has 0 aliphatic carbocycles. The van der Waals surface area contributed by atoms with Crippen molar-refractivity contribution in [2.45, 2.75) is 4.21 Å². The van der Waals surface area contributed by atoms with Gasteiger partial charge in [0.25, 0.3) is 10.0 Å². The van der Waals surface area contributed by atoms with Crippen LogP contribution in [-0.2, 0) is 10.0 Å². The van der Waals surface area contributed by atoms with Crippen molar-refractivity contribution >= 4 is 38.6 Å². The minimum atomic E-state index is -3.64. The third-order valence-corrected chi connectivity index (χ3v) is 4.96. The lowest BCUT2D eigenvalue weighted by atomic mass is 10.3. The fourth-order valence-electron chi connectivity index (χ4n) is 1.20. The molecule has 0 aliphatic heterocycles. The molecular weight excluding hydrogens is 282 g/mol. The topological polar surface area (TPSA) is 66.4 Å². The maximum absolute atomic E-state index is 11.9. The summed E-state index contributed by atoms with van der Waals surface area (Å²) in [5.74, 6) is -0.211. The van der Waals surface area contributed by atoms with E-state index in [1.54, 1.807) is 11.4 Å². The monoisotopic (exact) mass is 289 g/mol. The number of phenolic OH excluding ortho intramolecular Hbond substituents is 1. The van der Waals surface area contributed by atoms with E-state index in [0.29, 0.717) is 5.02 Å². The van der Waals surface area contributed by atoms with Gasteiger partial charge in [0.15, 0.2) is 0 Å². The van der Waals surface area contributed by atoms with E-state index < -0.39 is 10.0 Å². The summed E-state index contributed by atoms with van der Waals surface area (Å²) in [4.78, 5) is 0. The van der Waals surface area contributed by atoms with Crippen molar-refractivity contribution in [2.75, 3.05) is 4.72 Å². The van der Waals surface area contributed by atoms with Gasteiger partial charge in [0.2, 0.25) is 0 Å². The summed E-state index contributed by atoms with van der Waals surface area (Å²) in [5, 5.41) is 11.5. The van der Waals surface area contributed by atoms with Gasteiger partial charge in [0.1, 0.15) is 9.96 Å². The van der Waals surface area contributed by atoms with Crippen molar-refractivity contribution in [3.8, 4) is 5.75 Å². The van der Waals surface area contributed by atoms with Crippen LogP contribution in [0.3, 0.4) is 0 Å². The molecule has 0 bridgehead atoms. The molecule has 90 valence electrons. The van der Waals surface area contributed by atoms with E-state index in [0.717, 1.165) is 11.3 Å². The molecule has 2 N–H and O–H groups in total. The number of aromatic hydroxyl groups is 1. The van der Waals surface area contributed by atoms with Gasteiger partial charge in [-0.25, -0.2) is 8.42 Å². The average molecular weight is 290 g/mol. The lowest BCUT2D eigenvalue weighted by Crippen LogP contribution is -2.11. The van der Waals surface area contributed by atoms with Gasteiger partial charge in [-0.1, -0.05) is 17.7 Å². The SMILES string of the molecule is O=S(=O)(Nc1ccc(Cl)cc1O)c1cccs1. The highest BCUT2D eigenvalue weighted by Gasteiger charge is 2.16. The number of anilines is 1. The predicted molar refractivity (Wildman–Crippen MR) is 68.2 cm³/mol. The van der Waals surface area contributed by atoms with Crippen molar-refractivity contribution in [3.63, 3.8) is 0 Å². The van der Waals surface area contributed by atoms with Gasteiger partial charge < -0.3 is 5.11 Å². The van der Waals surface area contributed by atoms with Gasteiger partial charge in [-0.15, -0.1) is 11.3 Å². The van der Waals surface area contributed by atoms with E-state index in [9.17, 15) is 13.5 Å². The van der Waals surface area contributed by atoms with Gasteiger partial charge in [0, 0.05) is 11.1 Å². The number of nitrogens with one attached hydrogen (secondary N) is 1. The second kappa shape index (κ2) is 4.56. The van der Waals surface area contributed by atoms with Crippen molar-refractivity contribution in [3.05, 3.63) is 40.7 Å². The Bertz CT molecular complexity index is 623. The van der Waals surface area contributed by atoms with Gasteiger partial charge in [0.05, 0.1) is 5.69 Å². The first-order chi connectivity index (χ1) is 7.99. The fourth-order valence-corrected chi connectivity index (χ4v) is 3.44. The summed E-state index contributed by atoms with van der Waals surface area (Å²) in [6, 6.07) is 7.30. The van der Waals surface area contributed by atoms with E-state index in [2.05, 4.69) is 4.72 Å². The highest BCUT2D eigenvalue weighted by molar-refractivity contribution is 7.94. The Morgan fingerprint density at radius 3 is 2.65 bits per heavy atom. The minimum Gasteiger partial charge on any atom is -0.506 e. The van der Waals surface area contributed by atoms with Crippen molar-refractivity contribution in [2.24, 2.45) is 0 Å². The van der Waals surface area contributed by atoms with Crippen LogP contribution in [0.2, 0.25) is 5.02 Å². The first kappa shape index (κ1) is 12.2. The number of hydrogen-bond acceptors (Lipinski definition) is 4. The molecule has 0 saturated heterocycles. The second-order valence-corrected chi connectivity index (χ2v) is 6.49. The third-order valence-electron chi connectivity index (χ3n) is 1.96. The Morgan fingerprint density at radius 1 is 1.29 bits per heavy atom. The fraction of sp³-hybridized carbons (Fsp3) is 0. The molecule has 0 aliphatic rings. The van der Waals surface area contributed by atoms with Crippen LogP contribution >= 0.6 is 22.9 Å². The number of phenols is 1. The first-order valence-corrected chi connectivity index (χ1v) is 7.28. The number of sulfonamides is 1. The molecule has 0 saturated carbocycles. The van der Waals surface area contributed by atoms with Gasteiger partial charge in [-0.2, -0.15) is 0 Å². The summed E-state index contributed by atoms with van der Waals surface area (Å²) in [6.07, 6.45) is 0. The van der Waals surface area contributed by atoms with Crippen LogP contribution in [-0.4, -0.2) is 13.5 Å². The Morgan fingerprint density at radius 2 is 2.06 bits per heavy atom. The van der Waals surface area contributed by atoms with Crippen LogP contribution < -0.4 is 4.72 Å². The molecule has 2 aromatic rings. The maximum Gasteiger partial charge on any atom is 0.271 e. The van der Waals surface area contributed by atoms with Crippen molar-refractivity contribution in [1.82, 2.24) is 0 Å². The van der Waals surface area contributed by atoms with Crippen LogP contribution in [0.25, 0.3) is 0 Å². The summed E-state index contributed by atoms with van der Waals surface area (Å²) >= 11 is 6.75. The van der Waals surface area contributed by atoms with Crippen LogP contribution in [0.1, 0.15) is 0 Å². The molecule has 1 aromatic heterocycles. The molecule has 0 radical (unpaired) electrons. The molecule has 17 heavy (non-hydrogen) atoms. The smallest absolute Gasteiger partial charge is 0.271 e. The van der Waals surface area contributed by atoms with Crippen molar-refractivity contribution in [1.29, 1.82) is 0 Å². The average Bonchev–Trinajstić information content (AvgIpc) is 2.76. The maximum atomic E-state index is 11.9. The van der Waals surface area contributed by atoms with Crippen LogP contribution in [0, 0.1) is 0 Å². The number of rotatable bonds is 3. The zero-order chi connectivity index (χ0) is 12.5. The number of thiophene rings is 1. The zero-order valence-corrected chi connectivity index (χ0v) is 10.8.